The smallest absolute Gasteiger partial charge is 0.276 e. The normalized spacial score (nSPS) is 14.6. The van der Waals surface area contributed by atoms with Gasteiger partial charge >= 0.3 is 0 Å². The molecule has 140 valence electrons. The van der Waals surface area contributed by atoms with Gasteiger partial charge in [0.1, 0.15) is 12.1 Å². The van der Waals surface area contributed by atoms with Crippen LogP contribution in [-0.4, -0.2) is 71.7 Å². The van der Waals surface area contributed by atoms with Crippen LogP contribution in [-0.2, 0) is 7.05 Å². The number of rotatable bonds is 3. The highest BCUT2D eigenvalue weighted by molar-refractivity contribution is 5.92. The van der Waals surface area contributed by atoms with E-state index in [1.165, 1.54) is 4.68 Å². The van der Waals surface area contributed by atoms with E-state index in [1.807, 2.05) is 30.7 Å². The summed E-state index contributed by atoms with van der Waals surface area (Å²) in [6.07, 6.45) is 3.19. The SMILES string of the molecule is Cc1cc(C)n(-c2cc(N3CCN(C(=O)c4cn(C)nn4)CC3)ncn2)n1. The predicted octanol–water partition coefficient (Wildman–Crippen LogP) is 0.370. The average molecular weight is 367 g/mol. The molecule has 4 heterocycles. The number of hydrogen-bond donors (Lipinski definition) is 0. The van der Waals surface area contributed by atoms with Gasteiger partial charge in [-0.05, 0) is 19.9 Å². The lowest BCUT2D eigenvalue weighted by molar-refractivity contribution is 0.0740. The fourth-order valence-corrected chi connectivity index (χ4v) is 3.23. The molecule has 10 heteroatoms. The fraction of sp³-hybridized carbons (Fsp3) is 0.412. The molecule has 1 amide bonds. The molecule has 0 saturated carbocycles. The third-order valence-corrected chi connectivity index (χ3v) is 4.58. The van der Waals surface area contributed by atoms with Crippen molar-refractivity contribution in [2.75, 3.05) is 31.1 Å². The number of carbonyl (C=O) groups excluding carboxylic acids is 1. The Hall–Kier alpha value is -3.30. The number of aromatic nitrogens is 7. The van der Waals surface area contributed by atoms with Crippen molar-refractivity contribution in [2.24, 2.45) is 7.05 Å². The summed E-state index contributed by atoms with van der Waals surface area (Å²) >= 11 is 0. The summed E-state index contributed by atoms with van der Waals surface area (Å²) in [5.74, 6) is 1.48. The number of aryl methyl sites for hydroxylation is 3. The molecule has 0 bridgehead atoms. The number of carbonyl (C=O) groups is 1. The maximum Gasteiger partial charge on any atom is 0.276 e. The summed E-state index contributed by atoms with van der Waals surface area (Å²) in [5.41, 5.74) is 2.35. The van der Waals surface area contributed by atoms with Crippen LogP contribution < -0.4 is 4.90 Å². The van der Waals surface area contributed by atoms with Gasteiger partial charge in [-0.2, -0.15) is 5.10 Å². The number of anilines is 1. The monoisotopic (exact) mass is 367 g/mol. The second kappa shape index (κ2) is 6.78. The van der Waals surface area contributed by atoms with E-state index in [9.17, 15) is 4.79 Å². The Morgan fingerprint density at radius 3 is 2.41 bits per heavy atom. The molecule has 1 saturated heterocycles. The molecule has 10 nitrogen and oxygen atoms in total. The summed E-state index contributed by atoms with van der Waals surface area (Å²) in [7, 11) is 1.75. The predicted molar refractivity (Wildman–Crippen MR) is 97.7 cm³/mol. The molecule has 3 aromatic rings. The van der Waals surface area contributed by atoms with Gasteiger partial charge in [-0.3, -0.25) is 9.48 Å². The topological polar surface area (TPSA) is 97.9 Å². The van der Waals surface area contributed by atoms with Gasteiger partial charge in [-0.1, -0.05) is 5.21 Å². The third-order valence-electron chi connectivity index (χ3n) is 4.58. The lowest BCUT2D eigenvalue weighted by Crippen LogP contribution is -2.49. The first-order valence-electron chi connectivity index (χ1n) is 8.77. The molecule has 0 N–H and O–H groups in total. The zero-order valence-electron chi connectivity index (χ0n) is 15.6. The quantitative estimate of drug-likeness (QED) is 0.660. The van der Waals surface area contributed by atoms with Gasteiger partial charge in [0.25, 0.3) is 5.91 Å². The second-order valence-corrected chi connectivity index (χ2v) is 6.63. The molecule has 0 aromatic carbocycles. The molecule has 1 aliphatic rings. The largest absolute Gasteiger partial charge is 0.353 e. The molecular weight excluding hydrogens is 346 g/mol. The molecule has 1 aliphatic heterocycles. The first kappa shape index (κ1) is 17.1. The Balaban J connectivity index is 1.46. The zero-order valence-corrected chi connectivity index (χ0v) is 15.6. The lowest BCUT2D eigenvalue weighted by Gasteiger charge is -2.35. The summed E-state index contributed by atoms with van der Waals surface area (Å²) < 4.78 is 3.35. The summed E-state index contributed by atoms with van der Waals surface area (Å²) in [6.45, 7) is 6.56. The maximum absolute atomic E-state index is 12.5. The van der Waals surface area contributed by atoms with E-state index in [1.54, 1.807) is 24.5 Å². The molecule has 4 rings (SSSR count). The molecule has 0 aliphatic carbocycles. The van der Waals surface area contributed by atoms with Crippen LogP contribution in [0.15, 0.2) is 24.7 Å². The van der Waals surface area contributed by atoms with E-state index in [0.29, 0.717) is 31.9 Å². The van der Waals surface area contributed by atoms with E-state index in [0.717, 1.165) is 23.0 Å². The maximum atomic E-state index is 12.5. The fourth-order valence-electron chi connectivity index (χ4n) is 3.23. The minimum atomic E-state index is -0.0891. The molecule has 0 spiro atoms. The lowest BCUT2D eigenvalue weighted by atomic mass is 10.3. The molecule has 27 heavy (non-hydrogen) atoms. The van der Waals surface area contributed by atoms with Crippen LogP contribution in [0.25, 0.3) is 5.82 Å². The van der Waals surface area contributed by atoms with Crippen molar-refractivity contribution >= 4 is 11.7 Å². The Morgan fingerprint density at radius 1 is 1.04 bits per heavy atom. The highest BCUT2D eigenvalue weighted by Gasteiger charge is 2.25. The van der Waals surface area contributed by atoms with Gasteiger partial charge in [0, 0.05) is 45.0 Å². The molecule has 0 radical (unpaired) electrons. The minimum Gasteiger partial charge on any atom is -0.353 e. The van der Waals surface area contributed by atoms with Crippen molar-refractivity contribution in [1.82, 2.24) is 39.6 Å². The Bertz CT molecular complexity index is 968. The van der Waals surface area contributed by atoms with Gasteiger partial charge in [-0.25, -0.2) is 14.6 Å². The van der Waals surface area contributed by atoms with Gasteiger partial charge < -0.3 is 9.80 Å². The molecule has 3 aromatic heterocycles. The molecule has 0 atom stereocenters. The number of piperazine rings is 1. The summed E-state index contributed by atoms with van der Waals surface area (Å²) in [4.78, 5) is 25.2. The molecule has 0 unspecified atom stereocenters. The second-order valence-electron chi connectivity index (χ2n) is 6.63. The molecular formula is C17H21N9O. The molecule has 1 fully saturated rings. The van der Waals surface area contributed by atoms with Gasteiger partial charge in [-0.15, -0.1) is 5.10 Å². The van der Waals surface area contributed by atoms with Crippen molar-refractivity contribution in [3.8, 4) is 5.82 Å². The summed E-state index contributed by atoms with van der Waals surface area (Å²) in [6, 6.07) is 3.94. The zero-order chi connectivity index (χ0) is 19.0. The van der Waals surface area contributed by atoms with Gasteiger partial charge in [0.2, 0.25) is 0 Å². The van der Waals surface area contributed by atoms with Crippen LogP contribution in [0, 0.1) is 13.8 Å². The van der Waals surface area contributed by atoms with E-state index in [2.05, 4.69) is 30.3 Å². The first-order valence-corrected chi connectivity index (χ1v) is 8.77. The van der Waals surface area contributed by atoms with E-state index < -0.39 is 0 Å². The van der Waals surface area contributed by atoms with Crippen LogP contribution in [0.5, 0.6) is 0 Å². The van der Waals surface area contributed by atoms with Crippen LogP contribution in [0.3, 0.4) is 0 Å². The van der Waals surface area contributed by atoms with E-state index in [-0.39, 0.29) is 5.91 Å². The van der Waals surface area contributed by atoms with Crippen LogP contribution >= 0.6 is 0 Å². The van der Waals surface area contributed by atoms with Crippen LogP contribution in [0.2, 0.25) is 0 Å². The Labute approximate surface area is 156 Å². The van der Waals surface area contributed by atoms with Crippen molar-refractivity contribution in [3.63, 3.8) is 0 Å². The Morgan fingerprint density at radius 2 is 1.78 bits per heavy atom. The van der Waals surface area contributed by atoms with Crippen molar-refractivity contribution in [2.45, 2.75) is 13.8 Å². The minimum absolute atomic E-state index is 0.0891. The van der Waals surface area contributed by atoms with Crippen molar-refractivity contribution in [1.29, 1.82) is 0 Å². The third kappa shape index (κ3) is 3.37. The van der Waals surface area contributed by atoms with Crippen LogP contribution in [0.1, 0.15) is 21.9 Å². The van der Waals surface area contributed by atoms with Gasteiger partial charge in [0.05, 0.1) is 11.9 Å². The highest BCUT2D eigenvalue weighted by atomic mass is 16.2. The Kier molecular flexibility index (Phi) is 4.30. The van der Waals surface area contributed by atoms with Crippen molar-refractivity contribution in [3.05, 3.63) is 41.7 Å². The number of amides is 1. The first-order chi connectivity index (χ1) is 13.0. The van der Waals surface area contributed by atoms with Crippen LogP contribution in [0.4, 0.5) is 5.82 Å². The number of nitrogens with zero attached hydrogens (tertiary/aromatic N) is 9. The van der Waals surface area contributed by atoms with E-state index >= 15 is 0 Å². The number of hydrogen-bond acceptors (Lipinski definition) is 7. The van der Waals surface area contributed by atoms with Crippen molar-refractivity contribution < 1.29 is 4.79 Å². The van der Waals surface area contributed by atoms with E-state index in [4.69, 9.17) is 0 Å². The highest BCUT2D eigenvalue weighted by Crippen LogP contribution is 2.18. The standard InChI is InChI=1S/C17H21N9O/c1-12-8-13(2)26(21-12)16-9-15(18-11-19-16)24-4-6-25(7-5-24)17(27)14-10-23(3)22-20-14/h8-11H,4-7H2,1-3H3. The van der Waals surface area contributed by atoms with Gasteiger partial charge in [0.15, 0.2) is 11.5 Å². The summed E-state index contributed by atoms with van der Waals surface area (Å²) in [5, 5.41) is 12.2. The average Bonchev–Trinajstić information content (AvgIpc) is 3.26.